The quantitative estimate of drug-likeness (QED) is 0.600. The highest BCUT2D eigenvalue weighted by Gasteiger charge is 2.28. The normalized spacial score (nSPS) is 14.5. The van der Waals surface area contributed by atoms with Gasteiger partial charge in [-0.25, -0.2) is 0 Å². The van der Waals surface area contributed by atoms with Crippen LogP contribution < -0.4 is 4.74 Å². The van der Waals surface area contributed by atoms with Crippen molar-refractivity contribution >= 4 is 17.6 Å². The van der Waals surface area contributed by atoms with E-state index in [9.17, 15) is 19.7 Å². The zero-order valence-electron chi connectivity index (χ0n) is 15.1. The number of carbonyl (C=O) groups excluding carboxylic acids is 1. The summed E-state index contributed by atoms with van der Waals surface area (Å²) in [5, 5.41) is 20.1. The number of non-ortho nitro benzene ring substituents is 1. The Labute approximate surface area is 161 Å². The maximum Gasteiger partial charge on any atom is 0.303 e. The molecule has 1 saturated heterocycles. The van der Waals surface area contributed by atoms with Crippen molar-refractivity contribution in [1.82, 2.24) is 4.90 Å². The van der Waals surface area contributed by atoms with Crippen molar-refractivity contribution in [3.63, 3.8) is 0 Å². The number of carboxylic acids is 1. The first kappa shape index (κ1) is 19.3. The molecule has 146 valence electrons. The number of carboxylic acid groups (broad SMARTS) is 1. The van der Waals surface area contributed by atoms with Gasteiger partial charge in [-0.15, -0.1) is 0 Å². The minimum absolute atomic E-state index is 0.0340. The summed E-state index contributed by atoms with van der Waals surface area (Å²) >= 11 is 0. The van der Waals surface area contributed by atoms with Crippen LogP contribution in [0.3, 0.4) is 0 Å². The number of nitro groups is 1. The Balaban J connectivity index is 1.82. The lowest BCUT2D eigenvalue weighted by Crippen LogP contribution is -2.39. The number of likely N-dealkylation sites (tertiary alicyclic amines) is 1. The molecule has 8 nitrogen and oxygen atoms in total. The third-order valence-corrected chi connectivity index (χ3v) is 4.74. The van der Waals surface area contributed by atoms with Crippen LogP contribution in [0.1, 0.15) is 29.6 Å². The van der Waals surface area contributed by atoms with Crippen molar-refractivity contribution in [1.29, 1.82) is 0 Å². The molecule has 8 heteroatoms. The molecule has 3 rings (SSSR count). The predicted octanol–water partition coefficient (Wildman–Crippen LogP) is 3.71. The summed E-state index contributed by atoms with van der Waals surface area (Å²) in [5.74, 6) is -0.405. The smallest absolute Gasteiger partial charge is 0.303 e. The third kappa shape index (κ3) is 4.64. The Morgan fingerprint density at radius 1 is 1.14 bits per heavy atom. The van der Waals surface area contributed by atoms with Gasteiger partial charge >= 0.3 is 5.97 Å². The molecule has 1 aliphatic heterocycles. The van der Waals surface area contributed by atoms with E-state index in [4.69, 9.17) is 9.84 Å². The van der Waals surface area contributed by atoms with Crippen molar-refractivity contribution in [3.8, 4) is 11.5 Å². The van der Waals surface area contributed by atoms with Gasteiger partial charge in [-0.3, -0.25) is 19.7 Å². The van der Waals surface area contributed by atoms with E-state index < -0.39 is 10.9 Å². The lowest BCUT2D eigenvalue weighted by Gasteiger charge is -2.31. The molecule has 0 atom stereocenters. The zero-order chi connectivity index (χ0) is 20.1. The molecule has 0 spiro atoms. The lowest BCUT2D eigenvalue weighted by atomic mass is 9.93. The molecule has 28 heavy (non-hydrogen) atoms. The molecule has 0 saturated carbocycles. The number of nitrogens with zero attached hydrogens (tertiary/aromatic N) is 2. The van der Waals surface area contributed by atoms with E-state index in [-0.39, 0.29) is 35.2 Å². The number of rotatable bonds is 6. The maximum atomic E-state index is 13.0. The summed E-state index contributed by atoms with van der Waals surface area (Å²) in [6, 6.07) is 12.8. The van der Waals surface area contributed by atoms with E-state index in [1.807, 2.05) is 6.07 Å². The highest BCUT2D eigenvalue weighted by Crippen LogP contribution is 2.31. The fourth-order valence-corrected chi connectivity index (χ4v) is 3.26. The number of hydrogen-bond acceptors (Lipinski definition) is 5. The molecule has 1 N–H and O–H groups in total. The SMILES string of the molecule is O=C(O)CC1CCN(C(=O)c2cc([N+](=O)[O-])ccc2Oc2ccccc2)CC1. The molecule has 1 amide bonds. The largest absolute Gasteiger partial charge is 0.481 e. The number of hydrogen-bond donors (Lipinski definition) is 1. The Morgan fingerprint density at radius 2 is 1.82 bits per heavy atom. The molecular formula is C20H20N2O6. The first-order valence-electron chi connectivity index (χ1n) is 8.96. The predicted molar refractivity (Wildman–Crippen MR) is 100 cm³/mol. The summed E-state index contributed by atoms with van der Waals surface area (Å²) in [6.45, 7) is 0.814. The molecule has 1 heterocycles. The van der Waals surface area contributed by atoms with E-state index >= 15 is 0 Å². The number of para-hydroxylation sites is 1. The van der Waals surface area contributed by atoms with Crippen LogP contribution in [0.4, 0.5) is 5.69 Å². The highest BCUT2D eigenvalue weighted by molar-refractivity contribution is 5.97. The van der Waals surface area contributed by atoms with Gasteiger partial charge in [0.2, 0.25) is 0 Å². The van der Waals surface area contributed by atoms with Crippen molar-refractivity contribution in [3.05, 3.63) is 64.2 Å². The molecule has 2 aromatic rings. The van der Waals surface area contributed by atoms with Gasteiger partial charge < -0.3 is 14.7 Å². The molecule has 0 unspecified atom stereocenters. The van der Waals surface area contributed by atoms with Crippen LogP contribution in [0.5, 0.6) is 11.5 Å². The van der Waals surface area contributed by atoms with Crippen molar-refractivity contribution in [2.45, 2.75) is 19.3 Å². The van der Waals surface area contributed by atoms with Crippen molar-refractivity contribution < 1.29 is 24.4 Å². The molecule has 2 aromatic carbocycles. The number of carbonyl (C=O) groups is 2. The Morgan fingerprint density at radius 3 is 2.43 bits per heavy atom. The molecule has 0 aliphatic carbocycles. The average Bonchev–Trinajstić information content (AvgIpc) is 2.68. The number of amides is 1. The number of ether oxygens (including phenoxy) is 1. The molecule has 0 radical (unpaired) electrons. The van der Waals surface area contributed by atoms with Crippen LogP contribution >= 0.6 is 0 Å². The Kier molecular flexibility index (Phi) is 5.88. The van der Waals surface area contributed by atoms with Gasteiger partial charge in [-0.05, 0) is 37.0 Å². The number of nitro benzene ring substituents is 1. The zero-order valence-corrected chi connectivity index (χ0v) is 15.1. The second-order valence-electron chi connectivity index (χ2n) is 6.69. The second kappa shape index (κ2) is 8.51. The lowest BCUT2D eigenvalue weighted by molar-refractivity contribution is -0.384. The summed E-state index contributed by atoms with van der Waals surface area (Å²) < 4.78 is 5.78. The van der Waals surface area contributed by atoms with Gasteiger partial charge in [0.25, 0.3) is 11.6 Å². The van der Waals surface area contributed by atoms with E-state index in [0.29, 0.717) is 31.7 Å². The van der Waals surface area contributed by atoms with E-state index in [0.717, 1.165) is 0 Å². The first-order valence-corrected chi connectivity index (χ1v) is 8.96. The van der Waals surface area contributed by atoms with E-state index in [1.54, 1.807) is 29.2 Å². The highest BCUT2D eigenvalue weighted by atomic mass is 16.6. The van der Waals surface area contributed by atoms with Gasteiger partial charge in [0.05, 0.1) is 10.5 Å². The van der Waals surface area contributed by atoms with Gasteiger partial charge in [-0.2, -0.15) is 0 Å². The summed E-state index contributed by atoms with van der Waals surface area (Å²) in [5.41, 5.74) is -0.0701. The minimum Gasteiger partial charge on any atom is -0.481 e. The van der Waals surface area contributed by atoms with Crippen LogP contribution in [0.25, 0.3) is 0 Å². The monoisotopic (exact) mass is 384 g/mol. The summed E-state index contributed by atoms with van der Waals surface area (Å²) in [6.07, 6.45) is 1.25. The number of benzene rings is 2. The van der Waals surface area contributed by atoms with Crippen LogP contribution in [0.2, 0.25) is 0 Å². The molecular weight excluding hydrogens is 364 g/mol. The second-order valence-corrected chi connectivity index (χ2v) is 6.69. The van der Waals surface area contributed by atoms with Crippen molar-refractivity contribution in [2.75, 3.05) is 13.1 Å². The summed E-state index contributed by atoms with van der Waals surface area (Å²) in [7, 11) is 0. The van der Waals surface area contributed by atoms with Gasteiger partial charge in [0, 0.05) is 31.6 Å². The fraction of sp³-hybridized carbons (Fsp3) is 0.300. The van der Waals surface area contributed by atoms with Crippen LogP contribution in [-0.2, 0) is 4.79 Å². The minimum atomic E-state index is -0.845. The standard InChI is InChI=1S/C20H20N2O6/c23-19(24)12-14-8-10-21(11-9-14)20(25)17-13-15(22(26)27)6-7-18(17)28-16-4-2-1-3-5-16/h1-7,13-14H,8-12H2,(H,23,24). The van der Waals surface area contributed by atoms with Gasteiger partial charge in [0.15, 0.2) is 0 Å². The summed E-state index contributed by atoms with van der Waals surface area (Å²) in [4.78, 5) is 36.1. The number of aliphatic carboxylic acids is 1. The third-order valence-electron chi connectivity index (χ3n) is 4.74. The van der Waals surface area contributed by atoms with E-state index in [1.165, 1.54) is 18.2 Å². The molecule has 1 fully saturated rings. The Bertz CT molecular complexity index is 876. The number of piperidine rings is 1. The van der Waals surface area contributed by atoms with Gasteiger partial charge in [-0.1, -0.05) is 18.2 Å². The Hall–Kier alpha value is -3.42. The first-order chi connectivity index (χ1) is 13.4. The molecule has 0 bridgehead atoms. The van der Waals surface area contributed by atoms with Crippen LogP contribution in [-0.4, -0.2) is 39.9 Å². The van der Waals surface area contributed by atoms with E-state index in [2.05, 4.69) is 0 Å². The van der Waals surface area contributed by atoms with Gasteiger partial charge in [0.1, 0.15) is 11.5 Å². The van der Waals surface area contributed by atoms with Crippen LogP contribution in [0, 0.1) is 16.0 Å². The fourth-order valence-electron chi connectivity index (χ4n) is 3.26. The average molecular weight is 384 g/mol. The maximum absolute atomic E-state index is 13.0. The van der Waals surface area contributed by atoms with Crippen LogP contribution in [0.15, 0.2) is 48.5 Å². The molecule has 1 aliphatic rings. The molecule has 0 aromatic heterocycles. The topological polar surface area (TPSA) is 110 Å². The van der Waals surface area contributed by atoms with Crippen molar-refractivity contribution in [2.24, 2.45) is 5.92 Å².